The van der Waals surface area contributed by atoms with Gasteiger partial charge in [-0.15, -0.1) is 0 Å². The summed E-state index contributed by atoms with van der Waals surface area (Å²) in [5.41, 5.74) is 0. The first-order chi connectivity index (χ1) is 5.79. The van der Waals surface area contributed by atoms with E-state index in [0.29, 0.717) is 0 Å². The molecule has 0 aromatic carbocycles. The van der Waals surface area contributed by atoms with E-state index in [-0.39, 0.29) is 17.1 Å². The van der Waals surface area contributed by atoms with Crippen LogP contribution in [0.2, 0.25) is 24.2 Å². The Kier molecular flexibility index (Phi) is 4.22. The zero-order chi connectivity index (χ0) is 9.03. The summed E-state index contributed by atoms with van der Waals surface area (Å²) in [6, 6.07) is 6.17. The minimum absolute atomic E-state index is 0.00304. The minimum atomic E-state index is -0.684. The van der Waals surface area contributed by atoms with Gasteiger partial charge in [-0.3, -0.25) is 0 Å². The number of rotatable bonds is 3. The lowest BCUT2D eigenvalue weighted by atomic mass is 10.9. The van der Waals surface area contributed by atoms with Gasteiger partial charge in [0.1, 0.15) is 9.28 Å². The zero-order valence-electron chi connectivity index (χ0n) is 8.73. The highest BCUT2D eigenvalue weighted by Gasteiger charge is 2.40. The van der Waals surface area contributed by atoms with Gasteiger partial charge in [-0.1, -0.05) is 38.9 Å². The molecule has 0 saturated carbocycles. The van der Waals surface area contributed by atoms with Gasteiger partial charge in [0.2, 0.25) is 0 Å². The molecule has 1 unspecified atom stereocenters. The molecule has 0 bridgehead atoms. The lowest BCUT2D eigenvalue weighted by Crippen LogP contribution is -2.57. The van der Waals surface area contributed by atoms with Crippen molar-refractivity contribution in [2.24, 2.45) is 0 Å². The van der Waals surface area contributed by atoms with Crippen molar-refractivity contribution in [2.45, 2.75) is 44.9 Å². The van der Waals surface area contributed by atoms with E-state index in [9.17, 15) is 0 Å². The van der Waals surface area contributed by atoms with Crippen LogP contribution in [-0.2, 0) is 4.43 Å². The fourth-order valence-corrected chi connectivity index (χ4v) is 30.3. The van der Waals surface area contributed by atoms with E-state index in [4.69, 9.17) is 4.43 Å². The Bertz CT molecular complexity index is 136. The molecule has 0 spiro atoms. The maximum atomic E-state index is 5.77. The largest absolute Gasteiger partial charge is 0.428 e. The van der Waals surface area contributed by atoms with Crippen molar-refractivity contribution in [1.29, 1.82) is 0 Å². The molecule has 1 atom stereocenters. The smallest absolute Gasteiger partial charge is 0.144 e. The van der Waals surface area contributed by atoms with Gasteiger partial charge >= 0.3 is 0 Å². The Labute approximate surface area is 81.0 Å². The third kappa shape index (κ3) is 1.92. The fraction of sp³-hybridized carbons (Fsp3) is 1.00. The Balaban J connectivity index is 2.66. The highest BCUT2D eigenvalue weighted by molar-refractivity contribution is 7.51. The predicted octanol–water partition coefficient (Wildman–Crippen LogP) is 1.41. The van der Waals surface area contributed by atoms with Crippen molar-refractivity contribution in [1.82, 2.24) is 0 Å². The van der Waals surface area contributed by atoms with Gasteiger partial charge in [-0.05, 0) is 6.04 Å². The summed E-state index contributed by atoms with van der Waals surface area (Å²) < 4.78 is 5.77. The highest BCUT2D eigenvalue weighted by atomic mass is 29.6. The van der Waals surface area contributed by atoms with E-state index in [0.717, 1.165) is 6.61 Å². The summed E-state index contributed by atoms with van der Waals surface area (Å²) in [6.45, 7) is 8.46. The van der Waals surface area contributed by atoms with Gasteiger partial charge in [0.15, 0.2) is 0 Å². The quantitative estimate of drug-likeness (QED) is 0.651. The second-order valence-corrected chi connectivity index (χ2v) is 24.1. The van der Waals surface area contributed by atoms with E-state index < -0.39 is 7.59 Å². The Morgan fingerprint density at radius 1 is 1.33 bits per heavy atom. The average molecular weight is 219 g/mol. The van der Waals surface area contributed by atoms with Gasteiger partial charge in [0.05, 0.1) is 7.83 Å². The number of hydrogen-bond acceptors (Lipinski definition) is 1. The van der Waals surface area contributed by atoms with Crippen molar-refractivity contribution >= 4 is 24.7 Å². The SMILES string of the molecule is CC[SiH]1[SiH2]OCC[Si]1(CC)CC. The normalized spacial score (nSPS) is 30.8. The van der Waals surface area contributed by atoms with Crippen LogP contribution in [0.5, 0.6) is 0 Å². The molecule has 4 heteroatoms. The highest BCUT2D eigenvalue weighted by Crippen LogP contribution is 2.27. The van der Waals surface area contributed by atoms with Crippen molar-refractivity contribution < 1.29 is 4.43 Å². The van der Waals surface area contributed by atoms with Crippen LogP contribution in [0.4, 0.5) is 0 Å². The molecule has 1 saturated heterocycles. The summed E-state index contributed by atoms with van der Waals surface area (Å²) in [7, 11) is -0.988. The molecule has 1 rings (SSSR count). The van der Waals surface area contributed by atoms with Gasteiger partial charge in [-0.2, -0.15) is 0 Å². The van der Waals surface area contributed by atoms with Crippen LogP contribution in [0, 0.1) is 0 Å². The van der Waals surface area contributed by atoms with Crippen molar-refractivity contribution in [3.63, 3.8) is 0 Å². The molecule has 1 fully saturated rings. The molecular weight excluding hydrogens is 196 g/mol. The molecule has 0 aromatic rings. The molecule has 1 nitrogen and oxygen atoms in total. The number of hydrogen-bond donors (Lipinski definition) is 0. The Morgan fingerprint density at radius 2 is 2.00 bits per heavy atom. The molecule has 72 valence electrons. The van der Waals surface area contributed by atoms with Gasteiger partial charge < -0.3 is 4.43 Å². The zero-order valence-corrected chi connectivity index (χ0v) is 12.3. The van der Waals surface area contributed by atoms with Crippen LogP contribution in [0.3, 0.4) is 0 Å². The van der Waals surface area contributed by atoms with E-state index in [2.05, 4.69) is 20.8 Å². The lowest BCUT2D eigenvalue weighted by molar-refractivity contribution is 0.364. The monoisotopic (exact) mass is 218 g/mol. The summed E-state index contributed by atoms with van der Waals surface area (Å²) in [5, 5.41) is 0. The van der Waals surface area contributed by atoms with Gasteiger partial charge in [0, 0.05) is 14.2 Å². The summed E-state index contributed by atoms with van der Waals surface area (Å²) in [6.07, 6.45) is 0. The fourth-order valence-electron chi connectivity index (χ4n) is 2.61. The van der Waals surface area contributed by atoms with Crippen LogP contribution in [0.15, 0.2) is 0 Å². The van der Waals surface area contributed by atoms with Crippen LogP contribution in [0.1, 0.15) is 20.8 Å². The molecule has 12 heavy (non-hydrogen) atoms. The first-order valence-electron chi connectivity index (χ1n) is 5.36. The van der Waals surface area contributed by atoms with E-state index in [1.54, 1.807) is 18.1 Å². The van der Waals surface area contributed by atoms with E-state index >= 15 is 0 Å². The Morgan fingerprint density at radius 3 is 2.42 bits per heavy atom. The molecule has 1 aliphatic heterocycles. The molecule has 0 amide bonds. The maximum absolute atomic E-state index is 5.77. The van der Waals surface area contributed by atoms with Crippen molar-refractivity contribution in [3.05, 3.63) is 0 Å². The van der Waals surface area contributed by atoms with Gasteiger partial charge in [-0.25, -0.2) is 0 Å². The molecule has 1 heterocycles. The summed E-state index contributed by atoms with van der Waals surface area (Å²) in [5.74, 6) is 0. The molecule has 0 radical (unpaired) electrons. The average Bonchev–Trinajstić information content (AvgIpc) is 2.17. The molecule has 0 aromatic heterocycles. The lowest BCUT2D eigenvalue weighted by Gasteiger charge is -2.40. The molecular formula is C8H22OSi3. The predicted molar refractivity (Wildman–Crippen MR) is 63.6 cm³/mol. The van der Waals surface area contributed by atoms with Crippen LogP contribution >= 0.6 is 0 Å². The topological polar surface area (TPSA) is 9.23 Å². The summed E-state index contributed by atoms with van der Waals surface area (Å²) >= 11 is 0. The van der Waals surface area contributed by atoms with Crippen LogP contribution in [-0.4, -0.2) is 31.3 Å². The third-order valence-electron chi connectivity index (χ3n) is 3.83. The second kappa shape index (κ2) is 4.74. The maximum Gasteiger partial charge on any atom is 0.144 e. The standard InChI is InChI=1S/C8H22OSi3/c1-4-11-10-9-7-8-12(11,5-2)6-3/h11H,4-8,10H2,1-3H3. The Hall–Kier alpha value is 0.611. The first kappa shape index (κ1) is 10.7. The first-order valence-corrected chi connectivity index (χ1v) is 14.5. The van der Waals surface area contributed by atoms with E-state index in [1.807, 2.05) is 0 Å². The molecule has 0 aliphatic carbocycles. The van der Waals surface area contributed by atoms with Crippen molar-refractivity contribution in [2.75, 3.05) is 6.61 Å². The second-order valence-electron chi connectivity index (χ2n) is 4.00. The summed E-state index contributed by atoms with van der Waals surface area (Å²) in [4.78, 5) is 0. The molecule has 1 aliphatic rings. The third-order valence-corrected chi connectivity index (χ3v) is 34.2. The van der Waals surface area contributed by atoms with Crippen molar-refractivity contribution in [3.8, 4) is 0 Å². The van der Waals surface area contributed by atoms with Crippen LogP contribution < -0.4 is 0 Å². The van der Waals surface area contributed by atoms with Crippen LogP contribution in [0.25, 0.3) is 0 Å². The van der Waals surface area contributed by atoms with Gasteiger partial charge in [0.25, 0.3) is 0 Å². The van der Waals surface area contributed by atoms with E-state index in [1.165, 1.54) is 6.04 Å². The minimum Gasteiger partial charge on any atom is -0.428 e. The molecule has 0 N–H and O–H groups in total.